The molecule has 0 saturated heterocycles. The first-order valence-electron chi connectivity index (χ1n) is 10.7. The molecule has 0 spiro atoms. The highest BCUT2D eigenvalue weighted by Crippen LogP contribution is 2.40. The van der Waals surface area contributed by atoms with E-state index in [1.807, 2.05) is 18.2 Å². The van der Waals surface area contributed by atoms with Crippen molar-refractivity contribution in [2.45, 2.75) is 44.1 Å². The molecule has 3 rings (SSSR count). The summed E-state index contributed by atoms with van der Waals surface area (Å²) in [5.74, 6) is -2.26. The number of benzene rings is 2. The van der Waals surface area contributed by atoms with Crippen LogP contribution in [0.1, 0.15) is 42.7 Å². The van der Waals surface area contributed by atoms with Crippen molar-refractivity contribution in [1.29, 1.82) is 0 Å². The van der Waals surface area contributed by atoms with Crippen LogP contribution in [0, 0.1) is 5.82 Å². The predicted octanol–water partition coefficient (Wildman–Crippen LogP) is 3.73. The van der Waals surface area contributed by atoms with Crippen LogP contribution in [-0.4, -0.2) is 30.4 Å². The molecule has 0 saturated carbocycles. The smallest absolute Gasteiger partial charge is 0.313 e. The van der Waals surface area contributed by atoms with E-state index in [1.165, 1.54) is 12.1 Å². The van der Waals surface area contributed by atoms with Gasteiger partial charge < -0.3 is 22.1 Å². The second kappa shape index (κ2) is 11.3. The number of hydrogen-bond acceptors (Lipinski definition) is 3. The molecule has 2 amide bonds. The molecule has 176 valence electrons. The molecule has 2 atom stereocenters. The van der Waals surface area contributed by atoms with Gasteiger partial charge in [0, 0.05) is 29.2 Å². The molecular formula is C23H26Cl2FN5O2. The molecule has 0 heterocycles. The van der Waals surface area contributed by atoms with Crippen LogP contribution in [0.15, 0.2) is 41.4 Å². The van der Waals surface area contributed by atoms with E-state index >= 15 is 0 Å². The summed E-state index contributed by atoms with van der Waals surface area (Å²) in [6, 6.07) is 9.23. The lowest BCUT2D eigenvalue weighted by atomic mass is 9.92. The van der Waals surface area contributed by atoms with Crippen LogP contribution >= 0.6 is 23.2 Å². The molecule has 33 heavy (non-hydrogen) atoms. The second-order valence-corrected chi connectivity index (χ2v) is 8.75. The molecule has 2 unspecified atom stereocenters. The summed E-state index contributed by atoms with van der Waals surface area (Å²) in [4.78, 5) is 29.0. The quantitative estimate of drug-likeness (QED) is 0.193. The molecule has 0 aliphatic heterocycles. The van der Waals surface area contributed by atoms with Gasteiger partial charge in [0.05, 0.1) is 5.02 Å². The summed E-state index contributed by atoms with van der Waals surface area (Å²) in [5.41, 5.74) is 12.9. The van der Waals surface area contributed by atoms with E-state index in [-0.39, 0.29) is 28.6 Å². The van der Waals surface area contributed by atoms with Gasteiger partial charge in [0.2, 0.25) is 0 Å². The molecule has 0 fully saturated rings. The minimum absolute atomic E-state index is 0.0199. The van der Waals surface area contributed by atoms with Gasteiger partial charge in [0.25, 0.3) is 0 Å². The lowest BCUT2D eigenvalue weighted by Crippen LogP contribution is -2.43. The van der Waals surface area contributed by atoms with Gasteiger partial charge in [0.1, 0.15) is 5.82 Å². The van der Waals surface area contributed by atoms with Crippen LogP contribution in [-0.2, 0) is 16.0 Å². The second-order valence-electron chi connectivity index (χ2n) is 7.94. The average Bonchev–Trinajstić information content (AvgIpc) is 3.11. The number of aliphatic imine (C=N–C) groups is 1. The Hall–Kier alpha value is -2.84. The summed E-state index contributed by atoms with van der Waals surface area (Å²) in [5, 5.41) is 5.80. The summed E-state index contributed by atoms with van der Waals surface area (Å²) in [6.07, 6.45) is 4.02. The third kappa shape index (κ3) is 6.58. The van der Waals surface area contributed by atoms with Crippen molar-refractivity contribution in [1.82, 2.24) is 5.32 Å². The molecule has 2 aromatic carbocycles. The summed E-state index contributed by atoms with van der Waals surface area (Å²) >= 11 is 12.0. The van der Waals surface area contributed by atoms with E-state index < -0.39 is 17.6 Å². The van der Waals surface area contributed by atoms with E-state index in [0.29, 0.717) is 18.0 Å². The maximum absolute atomic E-state index is 13.6. The highest BCUT2D eigenvalue weighted by molar-refractivity contribution is 6.39. The van der Waals surface area contributed by atoms with E-state index in [2.05, 4.69) is 15.6 Å². The van der Waals surface area contributed by atoms with E-state index in [1.54, 1.807) is 0 Å². The number of guanidine groups is 1. The lowest BCUT2D eigenvalue weighted by Gasteiger charge is -2.21. The van der Waals surface area contributed by atoms with Crippen LogP contribution in [0.4, 0.5) is 10.1 Å². The fourth-order valence-corrected chi connectivity index (χ4v) is 4.46. The van der Waals surface area contributed by atoms with Crippen molar-refractivity contribution in [2.24, 2.45) is 16.5 Å². The molecule has 1 aliphatic carbocycles. The third-order valence-corrected chi connectivity index (χ3v) is 6.29. The number of anilines is 1. The van der Waals surface area contributed by atoms with Gasteiger partial charge in [-0.1, -0.05) is 48.2 Å². The molecule has 2 aromatic rings. The number of nitrogens with zero attached hydrogens (tertiary/aromatic N) is 1. The minimum atomic E-state index is -0.880. The van der Waals surface area contributed by atoms with Crippen LogP contribution < -0.4 is 22.1 Å². The number of carbonyl (C=O) groups is 2. The van der Waals surface area contributed by atoms with Crippen molar-refractivity contribution >= 4 is 46.7 Å². The monoisotopic (exact) mass is 493 g/mol. The van der Waals surface area contributed by atoms with Crippen LogP contribution in [0.25, 0.3) is 0 Å². The predicted molar refractivity (Wildman–Crippen MR) is 129 cm³/mol. The Morgan fingerprint density at radius 1 is 1.06 bits per heavy atom. The molecule has 1 aliphatic rings. The Morgan fingerprint density at radius 2 is 1.85 bits per heavy atom. The number of carbonyl (C=O) groups excluding carboxylic acids is 2. The number of rotatable bonds is 8. The van der Waals surface area contributed by atoms with Crippen molar-refractivity contribution in [3.05, 3.63) is 63.4 Å². The number of halogens is 3. The van der Waals surface area contributed by atoms with Crippen molar-refractivity contribution in [2.75, 3.05) is 11.9 Å². The SMILES string of the molecule is NC(N)=NCCCCCC1c2cccc(Cl)c2CC1NC(=O)C(=O)Nc1ccc(Cl)c(F)c1. The number of nitrogens with one attached hydrogen (secondary N) is 2. The molecule has 6 N–H and O–H groups in total. The standard InChI is InChI=1S/C23H26Cl2FN5O2/c24-17-7-4-6-14-15(5-2-1-3-10-29-23(27)28)20(12-16(14)17)31-22(33)21(32)30-13-8-9-18(25)19(26)11-13/h4,6-9,11,15,20H,1-3,5,10,12H2,(H,30,32)(H,31,33)(H4,27,28,29). The Bertz CT molecular complexity index is 1060. The van der Waals surface area contributed by atoms with Crippen LogP contribution in [0.5, 0.6) is 0 Å². The summed E-state index contributed by atoms with van der Waals surface area (Å²) in [6.45, 7) is 0.570. The van der Waals surface area contributed by atoms with Crippen molar-refractivity contribution in [3.63, 3.8) is 0 Å². The van der Waals surface area contributed by atoms with Gasteiger partial charge in [-0.25, -0.2) is 4.39 Å². The first kappa shape index (κ1) is 24.8. The minimum Gasteiger partial charge on any atom is -0.370 e. The number of hydrogen-bond donors (Lipinski definition) is 4. The lowest BCUT2D eigenvalue weighted by molar-refractivity contribution is -0.136. The van der Waals surface area contributed by atoms with Gasteiger partial charge >= 0.3 is 11.8 Å². The van der Waals surface area contributed by atoms with Gasteiger partial charge in [-0.15, -0.1) is 0 Å². The van der Waals surface area contributed by atoms with E-state index in [9.17, 15) is 14.0 Å². The first-order chi connectivity index (χ1) is 15.8. The fraction of sp³-hybridized carbons (Fsp3) is 0.348. The van der Waals surface area contributed by atoms with Crippen molar-refractivity contribution in [3.8, 4) is 0 Å². The fourth-order valence-electron chi connectivity index (χ4n) is 4.08. The zero-order valence-corrected chi connectivity index (χ0v) is 19.4. The average molecular weight is 494 g/mol. The number of unbranched alkanes of at least 4 members (excludes halogenated alkanes) is 2. The Morgan fingerprint density at radius 3 is 2.58 bits per heavy atom. The molecule has 7 nitrogen and oxygen atoms in total. The maximum Gasteiger partial charge on any atom is 0.313 e. The highest BCUT2D eigenvalue weighted by Gasteiger charge is 2.35. The third-order valence-electron chi connectivity index (χ3n) is 5.63. The summed E-state index contributed by atoms with van der Waals surface area (Å²) in [7, 11) is 0. The highest BCUT2D eigenvalue weighted by atomic mass is 35.5. The Kier molecular flexibility index (Phi) is 8.52. The molecular weight excluding hydrogens is 468 g/mol. The van der Waals surface area contributed by atoms with E-state index in [0.717, 1.165) is 42.9 Å². The first-order valence-corrected chi connectivity index (χ1v) is 11.4. The van der Waals surface area contributed by atoms with Gasteiger partial charge in [0.15, 0.2) is 5.96 Å². The number of fused-ring (bicyclic) bond motifs is 1. The van der Waals surface area contributed by atoms with Crippen molar-refractivity contribution < 1.29 is 14.0 Å². The van der Waals surface area contributed by atoms with Gasteiger partial charge in [-0.3, -0.25) is 14.6 Å². The molecule has 10 heteroatoms. The topological polar surface area (TPSA) is 123 Å². The van der Waals surface area contributed by atoms with Gasteiger partial charge in [-0.2, -0.15) is 0 Å². The van der Waals surface area contributed by atoms with E-state index in [4.69, 9.17) is 34.7 Å². The largest absolute Gasteiger partial charge is 0.370 e. The summed E-state index contributed by atoms with van der Waals surface area (Å²) < 4.78 is 13.6. The Labute approximate surface area is 201 Å². The van der Waals surface area contributed by atoms with Crippen LogP contribution in [0.3, 0.4) is 0 Å². The number of amides is 2. The number of nitrogens with two attached hydrogens (primary N) is 2. The maximum atomic E-state index is 13.6. The zero-order valence-electron chi connectivity index (χ0n) is 17.9. The Balaban J connectivity index is 1.63. The molecule has 0 radical (unpaired) electrons. The van der Waals surface area contributed by atoms with Gasteiger partial charge in [-0.05, 0) is 54.7 Å². The molecule has 0 aromatic heterocycles. The zero-order chi connectivity index (χ0) is 24.0. The molecule has 0 bridgehead atoms. The van der Waals surface area contributed by atoms with Crippen LogP contribution in [0.2, 0.25) is 10.0 Å². The normalized spacial score (nSPS) is 16.7.